The summed E-state index contributed by atoms with van der Waals surface area (Å²) in [6.07, 6.45) is 0. The van der Waals surface area contributed by atoms with Crippen molar-refractivity contribution in [3.05, 3.63) is 58.7 Å². The standard InChI is InChI=1S/C18H17NOS/c1-11-7-12(2)9-14(8-11)13-3-4-15-16(10-13)18-19(17(15)20)5-6-21-18/h3-4,7-10,18H,5-6H2,1-2H3/t18-/m1/s1. The number of rotatable bonds is 1. The number of thioether (sulfide) groups is 1. The van der Waals surface area contributed by atoms with Gasteiger partial charge in [-0.15, -0.1) is 11.8 Å². The number of aryl methyl sites for hydroxylation is 2. The van der Waals surface area contributed by atoms with Crippen LogP contribution in [0.5, 0.6) is 0 Å². The molecule has 4 rings (SSSR count). The molecule has 0 unspecified atom stereocenters. The number of hydrogen-bond acceptors (Lipinski definition) is 2. The van der Waals surface area contributed by atoms with Gasteiger partial charge in [0.2, 0.25) is 0 Å². The summed E-state index contributed by atoms with van der Waals surface area (Å²) in [5, 5.41) is 0.235. The van der Waals surface area contributed by atoms with Gasteiger partial charge in [-0.05, 0) is 42.7 Å². The van der Waals surface area contributed by atoms with Gasteiger partial charge in [-0.25, -0.2) is 0 Å². The summed E-state index contributed by atoms with van der Waals surface area (Å²) >= 11 is 1.87. The second-order valence-electron chi connectivity index (χ2n) is 5.90. The van der Waals surface area contributed by atoms with E-state index < -0.39 is 0 Å². The lowest BCUT2D eigenvalue weighted by Crippen LogP contribution is -2.22. The Morgan fingerprint density at radius 2 is 1.81 bits per heavy atom. The minimum absolute atomic E-state index is 0.201. The first-order chi connectivity index (χ1) is 10.1. The molecule has 1 saturated heterocycles. The molecule has 2 aromatic rings. The van der Waals surface area contributed by atoms with Crippen LogP contribution >= 0.6 is 11.8 Å². The molecule has 1 fully saturated rings. The molecule has 0 radical (unpaired) electrons. The molecular weight excluding hydrogens is 278 g/mol. The number of benzene rings is 2. The van der Waals surface area contributed by atoms with Crippen molar-refractivity contribution in [2.45, 2.75) is 19.2 Å². The topological polar surface area (TPSA) is 20.3 Å². The first-order valence-corrected chi connectivity index (χ1v) is 8.33. The second-order valence-corrected chi connectivity index (χ2v) is 7.09. The second kappa shape index (κ2) is 4.63. The zero-order valence-electron chi connectivity index (χ0n) is 12.2. The third kappa shape index (κ3) is 1.99. The maximum absolute atomic E-state index is 12.3. The molecule has 3 heteroatoms. The molecule has 2 heterocycles. The van der Waals surface area contributed by atoms with Crippen molar-refractivity contribution in [2.24, 2.45) is 0 Å². The Labute approximate surface area is 129 Å². The van der Waals surface area contributed by atoms with Crippen molar-refractivity contribution in [3.63, 3.8) is 0 Å². The quantitative estimate of drug-likeness (QED) is 0.787. The molecule has 2 nitrogen and oxygen atoms in total. The summed E-state index contributed by atoms with van der Waals surface area (Å²) in [5.41, 5.74) is 7.09. The van der Waals surface area contributed by atoms with E-state index in [1.54, 1.807) is 0 Å². The molecule has 106 valence electrons. The van der Waals surface area contributed by atoms with Gasteiger partial charge in [0.25, 0.3) is 5.91 Å². The van der Waals surface area contributed by atoms with Crippen LogP contribution in [0.1, 0.15) is 32.4 Å². The third-order valence-corrected chi connectivity index (χ3v) is 5.50. The minimum atomic E-state index is 0.201. The molecule has 21 heavy (non-hydrogen) atoms. The number of carbonyl (C=O) groups is 1. The summed E-state index contributed by atoms with van der Waals surface area (Å²) in [6, 6.07) is 12.9. The SMILES string of the molecule is Cc1cc(C)cc(-c2ccc3c(c2)[C@H]2SCCN2C3=O)c1. The van der Waals surface area contributed by atoms with Crippen molar-refractivity contribution in [1.29, 1.82) is 0 Å². The predicted octanol–water partition coefficient (Wildman–Crippen LogP) is 4.17. The van der Waals surface area contributed by atoms with Crippen LogP contribution in [-0.2, 0) is 0 Å². The molecule has 2 aliphatic heterocycles. The van der Waals surface area contributed by atoms with Crippen molar-refractivity contribution >= 4 is 17.7 Å². The van der Waals surface area contributed by atoms with Crippen LogP contribution in [0.15, 0.2) is 36.4 Å². The van der Waals surface area contributed by atoms with Gasteiger partial charge in [0.05, 0.1) is 0 Å². The molecule has 0 aromatic heterocycles. The van der Waals surface area contributed by atoms with Crippen LogP contribution in [-0.4, -0.2) is 23.1 Å². The molecule has 1 amide bonds. The molecule has 2 aromatic carbocycles. The van der Waals surface area contributed by atoms with Gasteiger partial charge in [0.1, 0.15) is 5.37 Å². The Morgan fingerprint density at radius 3 is 2.57 bits per heavy atom. The predicted molar refractivity (Wildman–Crippen MR) is 87.6 cm³/mol. The Bertz CT molecular complexity index is 733. The number of carbonyl (C=O) groups excluding carboxylic acids is 1. The highest BCUT2D eigenvalue weighted by molar-refractivity contribution is 7.99. The largest absolute Gasteiger partial charge is 0.322 e. The van der Waals surface area contributed by atoms with Gasteiger partial charge in [0, 0.05) is 17.9 Å². The number of hydrogen-bond donors (Lipinski definition) is 0. The van der Waals surface area contributed by atoms with Gasteiger partial charge in [-0.2, -0.15) is 0 Å². The fraction of sp³-hybridized carbons (Fsp3) is 0.278. The molecule has 1 atom stereocenters. The van der Waals surface area contributed by atoms with Crippen LogP contribution in [0, 0.1) is 13.8 Å². The molecule has 0 spiro atoms. The van der Waals surface area contributed by atoms with E-state index in [-0.39, 0.29) is 11.3 Å². The molecule has 0 bridgehead atoms. The monoisotopic (exact) mass is 295 g/mol. The first kappa shape index (κ1) is 13.0. The molecule has 0 aliphatic carbocycles. The molecule has 2 aliphatic rings. The van der Waals surface area contributed by atoms with Crippen molar-refractivity contribution < 1.29 is 4.79 Å². The van der Waals surface area contributed by atoms with Crippen LogP contribution < -0.4 is 0 Å². The average Bonchev–Trinajstić information content (AvgIpc) is 3.02. The van der Waals surface area contributed by atoms with E-state index in [1.165, 1.54) is 27.8 Å². The first-order valence-electron chi connectivity index (χ1n) is 7.29. The fourth-order valence-electron chi connectivity index (χ4n) is 3.37. The highest BCUT2D eigenvalue weighted by atomic mass is 32.2. The Morgan fingerprint density at radius 1 is 1.05 bits per heavy atom. The summed E-state index contributed by atoms with van der Waals surface area (Å²) in [4.78, 5) is 14.3. The van der Waals surface area contributed by atoms with Crippen LogP contribution in [0.2, 0.25) is 0 Å². The van der Waals surface area contributed by atoms with Gasteiger partial charge >= 0.3 is 0 Å². The van der Waals surface area contributed by atoms with E-state index >= 15 is 0 Å². The molecule has 0 saturated carbocycles. The summed E-state index contributed by atoms with van der Waals surface area (Å²) < 4.78 is 0. The van der Waals surface area contributed by atoms with E-state index in [2.05, 4.69) is 44.2 Å². The molecule has 0 N–H and O–H groups in total. The number of amides is 1. The smallest absolute Gasteiger partial charge is 0.255 e. The Hall–Kier alpha value is -1.74. The van der Waals surface area contributed by atoms with Crippen molar-refractivity contribution in [1.82, 2.24) is 4.90 Å². The van der Waals surface area contributed by atoms with Gasteiger partial charge in [-0.1, -0.05) is 35.4 Å². The van der Waals surface area contributed by atoms with Gasteiger partial charge < -0.3 is 4.90 Å². The van der Waals surface area contributed by atoms with Crippen molar-refractivity contribution in [3.8, 4) is 11.1 Å². The lowest BCUT2D eigenvalue weighted by Gasteiger charge is -2.14. The fourth-order valence-corrected chi connectivity index (χ4v) is 4.65. The lowest BCUT2D eigenvalue weighted by molar-refractivity contribution is 0.0794. The highest BCUT2D eigenvalue weighted by Crippen LogP contribution is 2.46. The normalized spacial score (nSPS) is 19.8. The Kier molecular flexibility index (Phi) is 2.86. The Balaban J connectivity index is 1.83. The van der Waals surface area contributed by atoms with Crippen molar-refractivity contribution in [2.75, 3.05) is 12.3 Å². The zero-order valence-corrected chi connectivity index (χ0v) is 13.0. The van der Waals surface area contributed by atoms with E-state index in [1.807, 2.05) is 22.7 Å². The van der Waals surface area contributed by atoms with Crippen LogP contribution in [0.25, 0.3) is 11.1 Å². The minimum Gasteiger partial charge on any atom is -0.322 e. The van der Waals surface area contributed by atoms with Gasteiger partial charge in [-0.3, -0.25) is 4.79 Å². The van der Waals surface area contributed by atoms with E-state index in [0.29, 0.717) is 0 Å². The maximum Gasteiger partial charge on any atom is 0.255 e. The maximum atomic E-state index is 12.3. The highest BCUT2D eigenvalue weighted by Gasteiger charge is 2.40. The van der Waals surface area contributed by atoms with Crippen LogP contribution in [0.3, 0.4) is 0 Å². The summed E-state index contributed by atoms with van der Waals surface area (Å²) in [7, 11) is 0. The zero-order chi connectivity index (χ0) is 14.6. The van der Waals surface area contributed by atoms with E-state index in [4.69, 9.17) is 0 Å². The third-order valence-electron chi connectivity index (χ3n) is 4.25. The lowest BCUT2D eigenvalue weighted by atomic mass is 9.97. The average molecular weight is 295 g/mol. The van der Waals surface area contributed by atoms with E-state index in [9.17, 15) is 4.79 Å². The number of fused-ring (bicyclic) bond motifs is 3. The van der Waals surface area contributed by atoms with E-state index in [0.717, 1.165) is 17.9 Å². The molecular formula is C18H17NOS. The van der Waals surface area contributed by atoms with Crippen LogP contribution in [0.4, 0.5) is 0 Å². The van der Waals surface area contributed by atoms with Gasteiger partial charge in [0.15, 0.2) is 0 Å². The number of nitrogens with zero attached hydrogens (tertiary/aromatic N) is 1. The summed E-state index contributed by atoms with van der Waals surface area (Å²) in [5.74, 6) is 1.25. The summed E-state index contributed by atoms with van der Waals surface area (Å²) in [6.45, 7) is 5.13.